The maximum absolute atomic E-state index is 11.9. The SMILES string of the molecule is O=S(=O)(NCc1ccc(Cl)s1)N1CCNCC1. The third-order valence-corrected chi connectivity index (χ3v) is 5.26. The van der Waals surface area contributed by atoms with Gasteiger partial charge in [0.2, 0.25) is 0 Å². The molecule has 1 aliphatic heterocycles. The lowest BCUT2D eigenvalue weighted by atomic mass is 10.4. The highest BCUT2D eigenvalue weighted by molar-refractivity contribution is 7.87. The molecule has 17 heavy (non-hydrogen) atoms. The lowest BCUT2D eigenvalue weighted by molar-refractivity contribution is 0.355. The predicted octanol–water partition coefficient (Wildman–Crippen LogP) is 0.641. The van der Waals surface area contributed by atoms with E-state index in [0.29, 0.717) is 37.1 Å². The molecule has 1 saturated heterocycles. The van der Waals surface area contributed by atoms with Crippen molar-refractivity contribution in [2.75, 3.05) is 26.2 Å². The minimum atomic E-state index is -3.37. The van der Waals surface area contributed by atoms with Crippen molar-refractivity contribution < 1.29 is 8.42 Å². The van der Waals surface area contributed by atoms with Crippen molar-refractivity contribution in [1.82, 2.24) is 14.3 Å². The Bertz CT molecular complexity index is 468. The van der Waals surface area contributed by atoms with Gasteiger partial charge in [-0.3, -0.25) is 0 Å². The summed E-state index contributed by atoms with van der Waals surface area (Å²) in [7, 11) is -3.37. The molecule has 1 aliphatic rings. The largest absolute Gasteiger partial charge is 0.314 e. The van der Waals surface area contributed by atoms with E-state index in [4.69, 9.17) is 11.6 Å². The van der Waals surface area contributed by atoms with Crippen molar-refractivity contribution in [2.45, 2.75) is 6.54 Å². The number of thiophene rings is 1. The van der Waals surface area contributed by atoms with E-state index in [2.05, 4.69) is 10.0 Å². The first-order valence-corrected chi connectivity index (χ1v) is 7.91. The Labute approximate surface area is 110 Å². The molecule has 8 heteroatoms. The zero-order valence-corrected chi connectivity index (χ0v) is 11.5. The maximum atomic E-state index is 11.9. The van der Waals surface area contributed by atoms with Crippen LogP contribution in [0.3, 0.4) is 0 Å². The Morgan fingerprint density at radius 2 is 2.12 bits per heavy atom. The summed E-state index contributed by atoms with van der Waals surface area (Å²) >= 11 is 7.16. The molecule has 0 spiro atoms. The summed E-state index contributed by atoms with van der Waals surface area (Å²) in [5.41, 5.74) is 0. The van der Waals surface area contributed by atoms with E-state index in [1.165, 1.54) is 15.6 Å². The minimum Gasteiger partial charge on any atom is -0.314 e. The van der Waals surface area contributed by atoms with Gasteiger partial charge in [-0.05, 0) is 12.1 Å². The number of halogens is 1. The van der Waals surface area contributed by atoms with E-state index >= 15 is 0 Å². The number of hydrogen-bond donors (Lipinski definition) is 2. The Hall–Kier alpha value is -0.180. The first kappa shape index (κ1) is 13.3. The fourth-order valence-electron chi connectivity index (χ4n) is 1.59. The van der Waals surface area contributed by atoms with Gasteiger partial charge in [0.1, 0.15) is 0 Å². The van der Waals surface area contributed by atoms with Gasteiger partial charge < -0.3 is 5.32 Å². The van der Waals surface area contributed by atoms with Gasteiger partial charge >= 0.3 is 0 Å². The molecule has 1 fully saturated rings. The monoisotopic (exact) mass is 295 g/mol. The lowest BCUT2D eigenvalue weighted by Gasteiger charge is -2.26. The Morgan fingerprint density at radius 3 is 2.71 bits per heavy atom. The van der Waals surface area contributed by atoms with Crippen LogP contribution in [0, 0.1) is 0 Å². The molecule has 96 valence electrons. The number of nitrogens with one attached hydrogen (secondary N) is 2. The van der Waals surface area contributed by atoms with Crippen molar-refractivity contribution in [3.63, 3.8) is 0 Å². The van der Waals surface area contributed by atoms with Crippen LogP contribution in [0.2, 0.25) is 4.34 Å². The summed E-state index contributed by atoms with van der Waals surface area (Å²) in [4.78, 5) is 0.911. The van der Waals surface area contributed by atoms with Crippen LogP contribution in [0.5, 0.6) is 0 Å². The van der Waals surface area contributed by atoms with Gasteiger partial charge in [0, 0.05) is 37.6 Å². The van der Waals surface area contributed by atoms with Gasteiger partial charge in [0.15, 0.2) is 0 Å². The Morgan fingerprint density at radius 1 is 1.41 bits per heavy atom. The van der Waals surface area contributed by atoms with Gasteiger partial charge in [-0.25, -0.2) is 0 Å². The summed E-state index contributed by atoms with van der Waals surface area (Å²) in [6.07, 6.45) is 0. The molecule has 0 aromatic carbocycles. The second-order valence-electron chi connectivity index (χ2n) is 3.68. The highest BCUT2D eigenvalue weighted by Gasteiger charge is 2.23. The van der Waals surface area contributed by atoms with E-state index in [-0.39, 0.29) is 0 Å². The predicted molar refractivity (Wildman–Crippen MR) is 69.5 cm³/mol. The molecule has 1 aromatic heterocycles. The third kappa shape index (κ3) is 3.64. The van der Waals surface area contributed by atoms with Crippen molar-refractivity contribution in [2.24, 2.45) is 0 Å². The van der Waals surface area contributed by atoms with Crippen LogP contribution in [-0.2, 0) is 16.8 Å². The zero-order valence-electron chi connectivity index (χ0n) is 9.15. The molecule has 0 aliphatic carbocycles. The van der Waals surface area contributed by atoms with Crippen molar-refractivity contribution in [3.8, 4) is 0 Å². The number of hydrogen-bond acceptors (Lipinski definition) is 4. The summed E-state index contributed by atoms with van der Waals surface area (Å²) in [6.45, 7) is 2.72. The van der Waals surface area contributed by atoms with Gasteiger partial charge in [-0.1, -0.05) is 11.6 Å². The average molecular weight is 296 g/mol. The molecule has 2 N–H and O–H groups in total. The maximum Gasteiger partial charge on any atom is 0.279 e. The second-order valence-corrected chi connectivity index (χ2v) is 7.24. The lowest BCUT2D eigenvalue weighted by Crippen LogP contribution is -2.50. The fraction of sp³-hybridized carbons (Fsp3) is 0.556. The molecular formula is C9H14ClN3O2S2. The van der Waals surface area contributed by atoms with E-state index in [1.54, 1.807) is 6.07 Å². The van der Waals surface area contributed by atoms with E-state index < -0.39 is 10.2 Å². The van der Waals surface area contributed by atoms with Gasteiger partial charge in [0.25, 0.3) is 10.2 Å². The zero-order chi connectivity index (χ0) is 12.3. The molecule has 0 amide bonds. The average Bonchev–Trinajstić information content (AvgIpc) is 2.74. The smallest absolute Gasteiger partial charge is 0.279 e. The summed E-state index contributed by atoms with van der Waals surface area (Å²) in [5, 5.41) is 3.11. The normalized spacial score (nSPS) is 18.4. The molecular weight excluding hydrogens is 282 g/mol. The van der Waals surface area contributed by atoms with E-state index in [1.807, 2.05) is 6.07 Å². The molecule has 0 saturated carbocycles. The molecule has 0 radical (unpaired) electrons. The minimum absolute atomic E-state index is 0.295. The Kier molecular flexibility index (Phi) is 4.40. The standard InChI is InChI=1S/C9H14ClN3O2S2/c10-9-2-1-8(16-9)7-12-17(14,15)13-5-3-11-4-6-13/h1-2,11-12H,3-7H2. The van der Waals surface area contributed by atoms with E-state index in [9.17, 15) is 8.42 Å². The van der Waals surface area contributed by atoms with Crippen LogP contribution in [0.1, 0.15) is 4.88 Å². The molecule has 5 nitrogen and oxygen atoms in total. The molecule has 1 aromatic rings. The topological polar surface area (TPSA) is 61.4 Å². The highest BCUT2D eigenvalue weighted by Crippen LogP contribution is 2.21. The van der Waals surface area contributed by atoms with Crippen LogP contribution in [-0.4, -0.2) is 38.9 Å². The first-order valence-electron chi connectivity index (χ1n) is 5.27. The van der Waals surface area contributed by atoms with Gasteiger partial charge in [-0.15, -0.1) is 11.3 Å². The van der Waals surface area contributed by atoms with Crippen LogP contribution in [0.25, 0.3) is 0 Å². The third-order valence-electron chi connectivity index (χ3n) is 2.47. The van der Waals surface area contributed by atoms with Gasteiger partial charge in [-0.2, -0.15) is 17.4 Å². The van der Waals surface area contributed by atoms with Crippen LogP contribution in [0.15, 0.2) is 12.1 Å². The Balaban J connectivity index is 1.92. The van der Waals surface area contributed by atoms with Crippen LogP contribution >= 0.6 is 22.9 Å². The number of piperazine rings is 1. The van der Waals surface area contributed by atoms with Gasteiger partial charge in [0.05, 0.1) is 4.34 Å². The molecule has 0 atom stereocenters. The summed E-state index contributed by atoms with van der Waals surface area (Å²) in [5.74, 6) is 0. The molecule has 0 bridgehead atoms. The quantitative estimate of drug-likeness (QED) is 0.857. The van der Waals surface area contributed by atoms with Crippen molar-refractivity contribution in [1.29, 1.82) is 0 Å². The van der Waals surface area contributed by atoms with Crippen LogP contribution in [0.4, 0.5) is 0 Å². The van der Waals surface area contributed by atoms with E-state index in [0.717, 1.165) is 4.88 Å². The highest BCUT2D eigenvalue weighted by atomic mass is 35.5. The van der Waals surface area contributed by atoms with Crippen LogP contribution < -0.4 is 10.0 Å². The summed E-state index contributed by atoms with van der Waals surface area (Å²) in [6, 6.07) is 3.59. The molecule has 2 heterocycles. The first-order chi connectivity index (χ1) is 8.08. The second kappa shape index (κ2) is 5.64. The number of nitrogens with zero attached hydrogens (tertiary/aromatic N) is 1. The molecule has 2 rings (SSSR count). The summed E-state index contributed by atoms with van der Waals surface area (Å²) < 4.78 is 28.6. The van der Waals surface area contributed by atoms with Crippen molar-refractivity contribution in [3.05, 3.63) is 21.3 Å². The molecule has 0 unspecified atom stereocenters. The fourth-order valence-corrected chi connectivity index (χ4v) is 3.89. The number of rotatable bonds is 4. The van der Waals surface area contributed by atoms with Crippen molar-refractivity contribution >= 4 is 33.1 Å².